The lowest BCUT2D eigenvalue weighted by Crippen LogP contribution is -2.11. The van der Waals surface area contributed by atoms with E-state index in [1.54, 1.807) is 0 Å². The van der Waals surface area contributed by atoms with Crippen LogP contribution < -0.4 is 0 Å². The van der Waals surface area contributed by atoms with Crippen LogP contribution in [0.4, 0.5) is 26.3 Å². The van der Waals surface area contributed by atoms with E-state index in [1.165, 1.54) is 0 Å². The maximum Gasteiger partial charge on any atom is 0.416 e. The van der Waals surface area contributed by atoms with Crippen molar-refractivity contribution in [1.82, 2.24) is 15.2 Å². The minimum atomic E-state index is -4.90. The van der Waals surface area contributed by atoms with Gasteiger partial charge in [-0.25, -0.2) is 0 Å². The quantitative estimate of drug-likeness (QED) is 0.613. The van der Waals surface area contributed by atoms with Crippen LogP contribution in [-0.4, -0.2) is 15.2 Å². The van der Waals surface area contributed by atoms with Gasteiger partial charge in [0.05, 0.1) is 11.1 Å². The van der Waals surface area contributed by atoms with E-state index in [4.69, 9.17) is 0 Å². The molecule has 2 rings (SSSR count). The van der Waals surface area contributed by atoms with Gasteiger partial charge in [-0.05, 0) is 30.4 Å². The molecule has 0 amide bonds. The maximum atomic E-state index is 12.6. The summed E-state index contributed by atoms with van der Waals surface area (Å²) in [4.78, 5) is 3.60. The number of alkyl halides is 6. The Bertz CT molecular complexity index is 649. The smallest absolute Gasteiger partial charge is 0.282 e. The first-order chi connectivity index (χ1) is 9.07. The van der Waals surface area contributed by atoms with Gasteiger partial charge in [0.25, 0.3) is 0 Å². The van der Waals surface area contributed by atoms with Crippen molar-refractivity contribution in [3.63, 3.8) is 0 Å². The Hall–Kier alpha value is -1.84. The molecule has 108 valence electrons. The monoisotopic (exact) mass is 313 g/mol. The molecule has 20 heavy (non-hydrogen) atoms. The topological polar surface area (TPSA) is 44.5 Å². The molecular formula is C10H5F6N3S. The third kappa shape index (κ3) is 3.00. The standard InChI is InChI=1S/C10H5F6N3S/c11-9(12,13)5-1-4(7-17-8(20)19-18-7)2-6(3-5)10(14,15)16/h1-3H,(H2,17,18,19,20). The second-order valence-corrected chi connectivity index (χ2v) is 4.20. The Labute approximate surface area is 112 Å². The minimum absolute atomic E-state index is 0.0464. The number of hydrogen-bond acceptors (Lipinski definition) is 2. The van der Waals surface area contributed by atoms with E-state index in [1.807, 2.05) is 0 Å². The van der Waals surface area contributed by atoms with Crippen LogP contribution in [0.3, 0.4) is 0 Å². The highest BCUT2D eigenvalue weighted by atomic mass is 32.1. The lowest BCUT2D eigenvalue weighted by Gasteiger charge is -2.13. The van der Waals surface area contributed by atoms with E-state index in [-0.39, 0.29) is 22.2 Å². The van der Waals surface area contributed by atoms with Crippen LogP contribution in [0.2, 0.25) is 0 Å². The fourth-order valence-electron chi connectivity index (χ4n) is 1.50. The van der Waals surface area contributed by atoms with E-state index in [2.05, 4.69) is 27.4 Å². The van der Waals surface area contributed by atoms with Gasteiger partial charge in [-0.3, -0.25) is 10.2 Å². The summed E-state index contributed by atoms with van der Waals surface area (Å²) in [6.45, 7) is 0. The maximum absolute atomic E-state index is 12.6. The number of H-pyrrole nitrogens is 2. The fourth-order valence-corrected chi connectivity index (χ4v) is 1.64. The molecule has 2 N–H and O–H groups in total. The molecule has 1 aromatic carbocycles. The van der Waals surface area contributed by atoms with Crippen molar-refractivity contribution in [2.75, 3.05) is 0 Å². The molecule has 0 saturated heterocycles. The molecule has 0 saturated carbocycles. The van der Waals surface area contributed by atoms with Gasteiger partial charge in [0.15, 0.2) is 5.82 Å². The van der Waals surface area contributed by atoms with Crippen molar-refractivity contribution in [3.05, 3.63) is 34.1 Å². The summed E-state index contributed by atoms with van der Waals surface area (Å²) in [5.74, 6) is -0.202. The summed E-state index contributed by atoms with van der Waals surface area (Å²) < 4.78 is 75.7. The summed E-state index contributed by atoms with van der Waals surface area (Å²) >= 11 is 4.60. The van der Waals surface area contributed by atoms with Crippen LogP contribution in [0, 0.1) is 4.77 Å². The van der Waals surface area contributed by atoms with Gasteiger partial charge < -0.3 is 0 Å². The Morgan fingerprint density at radius 2 is 1.35 bits per heavy atom. The largest absolute Gasteiger partial charge is 0.416 e. The zero-order chi connectivity index (χ0) is 15.1. The number of halogens is 6. The highest BCUT2D eigenvalue weighted by Crippen LogP contribution is 2.37. The van der Waals surface area contributed by atoms with Crippen LogP contribution in [-0.2, 0) is 12.4 Å². The van der Waals surface area contributed by atoms with E-state index in [9.17, 15) is 26.3 Å². The molecule has 0 unspecified atom stereocenters. The minimum Gasteiger partial charge on any atom is -0.282 e. The lowest BCUT2D eigenvalue weighted by molar-refractivity contribution is -0.143. The molecule has 0 fully saturated rings. The van der Waals surface area contributed by atoms with E-state index in [0.29, 0.717) is 12.1 Å². The van der Waals surface area contributed by atoms with Crippen molar-refractivity contribution < 1.29 is 26.3 Å². The number of aromatic amines is 2. The Morgan fingerprint density at radius 1 is 0.850 bits per heavy atom. The first kappa shape index (κ1) is 14.6. The number of nitrogens with one attached hydrogen (secondary N) is 2. The highest BCUT2D eigenvalue weighted by Gasteiger charge is 2.37. The van der Waals surface area contributed by atoms with Gasteiger partial charge in [0.2, 0.25) is 4.77 Å². The van der Waals surface area contributed by atoms with Crippen molar-refractivity contribution in [2.45, 2.75) is 12.4 Å². The number of hydrogen-bond donors (Lipinski definition) is 2. The highest BCUT2D eigenvalue weighted by molar-refractivity contribution is 7.71. The molecule has 0 spiro atoms. The van der Waals surface area contributed by atoms with Crippen molar-refractivity contribution >= 4 is 12.2 Å². The van der Waals surface area contributed by atoms with Gasteiger partial charge >= 0.3 is 12.4 Å². The molecule has 1 aromatic heterocycles. The Morgan fingerprint density at radius 3 is 1.70 bits per heavy atom. The third-order valence-electron chi connectivity index (χ3n) is 2.36. The predicted molar refractivity (Wildman–Crippen MR) is 59.2 cm³/mol. The number of aromatic nitrogens is 3. The molecule has 10 heteroatoms. The van der Waals surface area contributed by atoms with Gasteiger partial charge in [-0.2, -0.15) is 31.3 Å². The molecule has 2 aromatic rings. The molecule has 0 aliphatic rings. The number of rotatable bonds is 1. The predicted octanol–water partition coefficient (Wildman–Crippen LogP) is 4.17. The zero-order valence-corrected chi connectivity index (χ0v) is 10.2. The molecule has 0 radical (unpaired) electrons. The van der Waals surface area contributed by atoms with Gasteiger partial charge in [0, 0.05) is 5.56 Å². The summed E-state index contributed by atoms with van der Waals surface area (Å²) in [6, 6.07) is 1.18. The molecule has 0 aliphatic heterocycles. The average Bonchev–Trinajstić information content (AvgIpc) is 2.73. The normalized spacial score (nSPS) is 12.7. The molecule has 1 heterocycles. The lowest BCUT2D eigenvalue weighted by atomic mass is 10.0. The zero-order valence-electron chi connectivity index (χ0n) is 9.36. The Kier molecular flexibility index (Phi) is 3.36. The SMILES string of the molecule is FC(F)(F)c1cc(-c2nc(=S)[nH][nH]2)cc(C(F)(F)F)c1. The summed E-state index contributed by atoms with van der Waals surface area (Å²) in [5.41, 5.74) is -3.19. The second-order valence-electron chi connectivity index (χ2n) is 3.81. The van der Waals surface area contributed by atoms with Crippen LogP contribution in [0.25, 0.3) is 11.4 Å². The first-order valence-corrected chi connectivity index (χ1v) is 5.43. The summed E-state index contributed by atoms with van der Waals surface area (Å²) in [5, 5.41) is 4.60. The molecule has 0 bridgehead atoms. The molecule has 0 atom stereocenters. The van der Waals surface area contributed by atoms with Crippen LogP contribution in [0.5, 0.6) is 0 Å². The number of nitrogens with zero attached hydrogens (tertiary/aromatic N) is 1. The number of benzene rings is 1. The van der Waals surface area contributed by atoms with Crippen molar-refractivity contribution in [2.24, 2.45) is 0 Å². The van der Waals surface area contributed by atoms with Crippen LogP contribution >= 0.6 is 12.2 Å². The van der Waals surface area contributed by atoms with Gasteiger partial charge in [-0.15, -0.1) is 0 Å². The van der Waals surface area contributed by atoms with Crippen molar-refractivity contribution in [1.29, 1.82) is 0 Å². The van der Waals surface area contributed by atoms with Crippen molar-refractivity contribution in [3.8, 4) is 11.4 Å². The summed E-state index contributed by atoms with van der Waals surface area (Å²) in [6.07, 6.45) is -9.80. The van der Waals surface area contributed by atoms with Gasteiger partial charge in [0.1, 0.15) is 0 Å². The molecule has 0 aliphatic carbocycles. The first-order valence-electron chi connectivity index (χ1n) is 5.02. The van der Waals surface area contributed by atoms with Gasteiger partial charge in [-0.1, -0.05) is 0 Å². The second kappa shape index (κ2) is 4.62. The van der Waals surface area contributed by atoms with Crippen LogP contribution in [0.1, 0.15) is 11.1 Å². The Balaban J connectivity index is 2.66. The van der Waals surface area contributed by atoms with Crippen LogP contribution in [0.15, 0.2) is 18.2 Å². The molecule has 3 nitrogen and oxygen atoms in total. The molecular weight excluding hydrogens is 308 g/mol. The van der Waals surface area contributed by atoms with E-state index < -0.39 is 23.5 Å². The average molecular weight is 313 g/mol. The fraction of sp³-hybridized carbons (Fsp3) is 0.200. The van der Waals surface area contributed by atoms with E-state index >= 15 is 0 Å². The van der Waals surface area contributed by atoms with E-state index in [0.717, 1.165) is 0 Å². The summed E-state index contributed by atoms with van der Waals surface area (Å²) in [7, 11) is 0. The third-order valence-corrected chi connectivity index (χ3v) is 2.56.